The molecule has 8 rings (SSSR count). The minimum atomic E-state index is -0.579. The van der Waals surface area contributed by atoms with E-state index in [1.165, 1.54) is 51.2 Å². The molecule has 6 aromatic carbocycles. The second-order valence-corrected chi connectivity index (χ2v) is 20.4. The summed E-state index contributed by atoms with van der Waals surface area (Å²) in [6.07, 6.45) is 0. The van der Waals surface area contributed by atoms with Crippen LogP contribution in [0.15, 0.2) is 103 Å². The lowest BCUT2D eigenvalue weighted by Crippen LogP contribution is -2.11. The molecule has 2 nitrogen and oxygen atoms in total. The van der Waals surface area contributed by atoms with Crippen LogP contribution in [-0.2, 0) is 21.7 Å². The minimum absolute atomic E-state index is 0.0135. The van der Waals surface area contributed by atoms with Gasteiger partial charge in [-0.3, -0.25) is 0 Å². The van der Waals surface area contributed by atoms with Crippen molar-refractivity contribution in [2.24, 2.45) is 0 Å². The van der Waals surface area contributed by atoms with Crippen molar-refractivity contribution >= 4 is 43.6 Å². The second-order valence-electron chi connectivity index (χ2n) is 20.4. The molecule has 0 unspecified atom stereocenters. The van der Waals surface area contributed by atoms with Crippen molar-refractivity contribution in [1.82, 2.24) is 9.13 Å². The predicted octanol–water partition coefficient (Wildman–Crippen LogP) is 15.3. The van der Waals surface area contributed by atoms with Crippen molar-refractivity contribution in [2.75, 3.05) is 0 Å². The molecule has 0 spiro atoms. The number of hydrogen-bond donors (Lipinski definition) is 0. The van der Waals surface area contributed by atoms with Crippen molar-refractivity contribution in [3.05, 3.63) is 143 Å². The molecular formula is C53H56F2N2. The van der Waals surface area contributed by atoms with Crippen LogP contribution in [0.4, 0.5) is 8.78 Å². The summed E-state index contributed by atoms with van der Waals surface area (Å²) in [6.45, 7) is 29.0. The lowest BCUT2D eigenvalue weighted by atomic mass is 9.85. The normalized spacial score (nSPS) is 13.2. The van der Waals surface area contributed by atoms with Gasteiger partial charge in [-0.1, -0.05) is 113 Å². The molecule has 8 aromatic rings. The van der Waals surface area contributed by atoms with Gasteiger partial charge in [-0.2, -0.15) is 0 Å². The molecule has 57 heavy (non-hydrogen) atoms. The molecule has 292 valence electrons. The van der Waals surface area contributed by atoms with Crippen LogP contribution in [0.5, 0.6) is 0 Å². The minimum Gasteiger partial charge on any atom is -0.307 e. The monoisotopic (exact) mass is 758 g/mol. The first kappa shape index (κ1) is 38.6. The van der Waals surface area contributed by atoms with E-state index < -0.39 is 11.6 Å². The Kier molecular flexibility index (Phi) is 8.74. The van der Waals surface area contributed by atoms with Gasteiger partial charge in [-0.25, -0.2) is 8.78 Å². The van der Waals surface area contributed by atoms with Gasteiger partial charge in [0.25, 0.3) is 0 Å². The fourth-order valence-corrected chi connectivity index (χ4v) is 8.50. The number of rotatable bonds is 3. The molecule has 0 amide bonds. The van der Waals surface area contributed by atoms with Crippen LogP contribution in [0.1, 0.15) is 111 Å². The maximum absolute atomic E-state index is 15.8. The SMILES string of the molecule is Cc1cc(-n2c3ccc(C(C)(C)C)cc3c3cc(C(C)(C)C)ccc32)c(-n2c3ccc(C(C)(C)C)cc3c3cc(C(C)(C)C)ccc32)cc1-c1c(F)cccc1F. The zero-order chi connectivity index (χ0) is 41.1. The number of fused-ring (bicyclic) bond motifs is 6. The summed E-state index contributed by atoms with van der Waals surface area (Å²) in [4.78, 5) is 0. The van der Waals surface area contributed by atoms with Gasteiger partial charge in [0, 0.05) is 21.5 Å². The lowest BCUT2D eigenvalue weighted by Gasteiger charge is -2.22. The number of aryl methyl sites for hydroxylation is 1. The molecule has 0 aliphatic heterocycles. The van der Waals surface area contributed by atoms with Crippen LogP contribution in [0.2, 0.25) is 0 Å². The molecule has 0 N–H and O–H groups in total. The molecule has 2 heterocycles. The van der Waals surface area contributed by atoms with E-state index in [2.05, 4.69) is 171 Å². The van der Waals surface area contributed by atoms with Crippen molar-refractivity contribution < 1.29 is 8.78 Å². The van der Waals surface area contributed by atoms with E-state index in [9.17, 15) is 0 Å². The van der Waals surface area contributed by atoms with Gasteiger partial charge in [0.15, 0.2) is 0 Å². The lowest BCUT2D eigenvalue weighted by molar-refractivity contribution is 0.589. The van der Waals surface area contributed by atoms with Crippen molar-refractivity contribution in [2.45, 2.75) is 112 Å². The Morgan fingerprint density at radius 2 is 0.684 bits per heavy atom. The van der Waals surface area contributed by atoms with Gasteiger partial charge >= 0.3 is 0 Å². The zero-order valence-corrected chi connectivity index (χ0v) is 36.0. The fourth-order valence-electron chi connectivity index (χ4n) is 8.50. The summed E-state index contributed by atoms with van der Waals surface area (Å²) >= 11 is 0. The summed E-state index contributed by atoms with van der Waals surface area (Å²) in [5.74, 6) is -1.16. The average Bonchev–Trinajstić information content (AvgIpc) is 3.62. The summed E-state index contributed by atoms with van der Waals surface area (Å²) < 4.78 is 36.3. The third kappa shape index (κ3) is 6.46. The van der Waals surface area contributed by atoms with E-state index in [0.717, 1.165) is 49.8 Å². The first-order chi connectivity index (χ1) is 26.5. The van der Waals surface area contributed by atoms with Gasteiger partial charge in [0.1, 0.15) is 11.6 Å². The predicted molar refractivity (Wildman–Crippen MR) is 240 cm³/mol. The quantitative estimate of drug-likeness (QED) is 0.170. The Hall–Kier alpha value is -5.22. The third-order valence-corrected chi connectivity index (χ3v) is 12.0. The molecule has 4 heteroatoms. The molecule has 0 saturated heterocycles. The second kappa shape index (κ2) is 12.9. The Balaban J connectivity index is 1.57. The topological polar surface area (TPSA) is 9.86 Å². The third-order valence-electron chi connectivity index (χ3n) is 12.0. The molecule has 0 aliphatic rings. The molecule has 0 saturated carbocycles. The molecule has 0 radical (unpaired) electrons. The molecule has 0 fully saturated rings. The first-order valence-corrected chi connectivity index (χ1v) is 20.3. The van der Waals surface area contributed by atoms with Crippen molar-refractivity contribution in [1.29, 1.82) is 0 Å². The van der Waals surface area contributed by atoms with E-state index in [4.69, 9.17) is 0 Å². The highest BCUT2D eigenvalue weighted by atomic mass is 19.1. The standard InChI is InChI=1S/C53H56F2N2/c1-31-25-47(56-43-21-17-32(50(2,3)4)26-37(43)38-27-33(51(5,6)7)18-22-44(38)56)48(30-36(31)49-41(54)15-14-16-42(49)55)57-45-23-19-34(52(8,9)10)28-39(45)40-29-35(53(11,12)13)20-24-46(40)57/h14-30H,1-13H3. The summed E-state index contributed by atoms with van der Waals surface area (Å²) in [5.41, 5.74) is 12.2. The fraction of sp³-hybridized carbons (Fsp3) is 0.321. The molecule has 0 atom stereocenters. The number of halogens is 2. The van der Waals surface area contributed by atoms with Crippen LogP contribution in [0, 0.1) is 18.6 Å². The van der Waals surface area contributed by atoms with E-state index in [1.54, 1.807) is 0 Å². The van der Waals surface area contributed by atoms with Crippen LogP contribution in [0.25, 0.3) is 66.1 Å². The highest BCUT2D eigenvalue weighted by Gasteiger charge is 2.27. The Morgan fingerprint density at radius 3 is 0.982 bits per heavy atom. The number of aromatic nitrogens is 2. The van der Waals surface area contributed by atoms with Crippen LogP contribution >= 0.6 is 0 Å². The summed E-state index contributed by atoms with van der Waals surface area (Å²) in [5, 5.41) is 4.67. The van der Waals surface area contributed by atoms with Gasteiger partial charge < -0.3 is 9.13 Å². The number of benzene rings is 6. The van der Waals surface area contributed by atoms with Crippen LogP contribution in [-0.4, -0.2) is 9.13 Å². The van der Waals surface area contributed by atoms with Crippen LogP contribution < -0.4 is 0 Å². The maximum atomic E-state index is 15.8. The Labute approximate surface area is 337 Å². The molecular weight excluding hydrogens is 703 g/mol. The van der Waals surface area contributed by atoms with Gasteiger partial charge in [-0.15, -0.1) is 0 Å². The number of nitrogens with zero attached hydrogens (tertiary/aromatic N) is 2. The highest BCUT2D eigenvalue weighted by molar-refractivity contribution is 6.12. The van der Waals surface area contributed by atoms with E-state index >= 15 is 8.78 Å². The average molecular weight is 759 g/mol. The van der Waals surface area contributed by atoms with Gasteiger partial charge in [-0.05, 0) is 135 Å². The molecule has 0 bridgehead atoms. The zero-order valence-electron chi connectivity index (χ0n) is 36.0. The smallest absolute Gasteiger partial charge is 0.133 e. The van der Waals surface area contributed by atoms with Gasteiger partial charge in [0.05, 0.1) is 39.0 Å². The summed E-state index contributed by atoms with van der Waals surface area (Å²) in [6, 6.07) is 35.6. The molecule has 2 aromatic heterocycles. The van der Waals surface area contributed by atoms with E-state index in [-0.39, 0.29) is 27.2 Å². The van der Waals surface area contributed by atoms with Crippen molar-refractivity contribution in [3.8, 4) is 22.5 Å². The maximum Gasteiger partial charge on any atom is 0.133 e. The first-order valence-electron chi connectivity index (χ1n) is 20.3. The molecule has 0 aliphatic carbocycles. The Bertz CT molecular complexity index is 2740. The van der Waals surface area contributed by atoms with E-state index in [0.29, 0.717) is 5.56 Å². The largest absolute Gasteiger partial charge is 0.307 e. The van der Waals surface area contributed by atoms with Gasteiger partial charge in [0.2, 0.25) is 0 Å². The highest BCUT2D eigenvalue weighted by Crippen LogP contribution is 2.44. The van der Waals surface area contributed by atoms with Crippen LogP contribution in [0.3, 0.4) is 0 Å². The Morgan fingerprint density at radius 1 is 0.386 bits per heavy atom. The van der Waals surface area contributed by atoms with E-state index in [1.807, 2.05) is 13.0 Å². The van der Waals surface area contributed by atoms with Crippen molar-refractivity contribution in [3.63, 3.8) is 0 Å². The summed E-state index contributed by atoms with van der Waals surface area (Å²) in [7, 11) is 0. The number of hydrogen-bond acceptors (Lipinski definition) is 0.